The van der Waals surface area contributed by atoms with E-state index in [1.807, 2.05) is 30.3 Å². The van der Waals surface area contributed by atoms with Crippen molar-refractivity contribution in [2.45, 2.75) is 25.9 Å². The summed E-state index contributed by atoms with van der Waals surface area (Å²) in [5, 5.41) is 2.05. The Bertz CT molecular complexity index is 704. The molecule has 0 bridgehead atoms. The van der Waals surface area contributed by atoms with Crippen molar-refractivity contribution in [2.24, 2.45) is 0 Å². The summed E-state index contributed by atoms with van der Waals surface area (Å²) >= 11 is 0. The minimum Gasteiger partial charge on any atom is -0.449 e. The number of fused-ring (bicyclic) bond motifs is 1. The first-order chi connectivity index (χ1) is 10.6. The summed E-state index contributed by atoms with van der Waals surface area (Å²) in [6, 6.07) is 13.2. The van der Waals surface area contributed by atoms with Crippen LogP contribution < -0.4 is 0 Å². The third kappa shape index (κ3) is 2.96. The first-order valence-electron chi connectivity index (χ1n) is 7.64. The Labute approximate surface area is 129 Å². The van der Waals surface area contributed by atoms with E-state index in [2.05, 4.69) is 0 Å². The van der Waals surface area contributed by atoms with Crippen molar-refractivity contribution in [1.29, 1.82) is 0 Å². The van der Waals surface area contributed by atoms with E-state index in [0.29, 0.717) is 5.56 Å². The van der Waals surface area contributed by atoms with Gasteiger partial charge in [0.2, 0.25) is 0 Å². The van der Waals surface area contributed by atoms with E-state index in [1.165, 1.54) is 0 Å². The lowest BCUT2D eigenvalue weighted by Gasteiger charge is -2.20. The average molecular weight is 297 g/mol. The molecule has 0 saturated carbocycles. The van der Waals surface area contributed by atoms with Gasteiger partial charge in [-0.05, 0) is 42.7 Å². The standard InChI is InChI=1S/C18H19NO3/c1-13(17(20)19-10-4-5-11-19)22-18(21)16-9-8-14-6-2-3-7-15(14)12-16/h2-3,6-9,12-13H,4-5,10-11H2,1H3. The largest absolute Gasteiger partial charge is 0.449 e. The number of esters is 1. The van der Waals surface area contributed by atoms with Crippen molar-refractivity contribution in [3.8, 4) is 0 Å². The second kappa shape index (κ2) is 6.18. The molecule has 1 saturated heterocycles. The molecule has 1 aliphatic rings. The first-order valence-corrected chi connectivity index (χ1v) is 7.64. The molecule has 0 radical (unpaired) electrons. The predicted molar refractivity (Wildman–Crippen MR) is 84.6 cm³/mol. The zero-order valence-electron chi connectivity index (χ0n) is 12.6. The number of rotatable bonds is 3. The topological polar surface area (TPSA) is 46.6 Å². The number of hydrogen-bond donors (Lipinski definition) is 0. The second-order valence-corrected chi connectivity index (χ2v) is 5.64. The van der Waals surface area contributed by atoms with Crippen molar-refractivity contribution in [3.05, 3.63) is 48.0 Å². The smallest absolute Gasteiger partial charge is 0.338 e. The molecule has 1 heterocycles. The van der Waals surface area contributed by atoms with Crippen LogP contribution in [0.4, 0.5) is 0 Å². The molecule has 22 heavy (non-hydrogen) atoms. The van der Waals surface area contributed by atoms with Crippen LogP contribution in [0.25, 0.3) is 10.8 Å². The average Bonchev–Trinajstić information content (AvgIpc) is 3.08. The van der Waals surface area contributed by atoms with Gasteiger partial charge in [-0.1, -0.05) is 30.3 Å². The van der Waals surface area contributed by atoms with E-state index in [-0.39, 0.29) is 5.91 Å². The third-order valence-electron chi connectivity index (χ3n) is 4.03. The van der Waals surface area contributed by atoms with Crippen molar-refractivity contribution >= 4 is 22.6 Å². The van der Waals surface area contributed by atoms with Gasteiger partial charge in [-0.2, -0.15) is 0 Å². The molecule has 0 aliphatic carbocycles. The highest BCUT2D eigenvalue weighted by atomic mass is 16.5. The number of hydrogen-bond acceptors (Lipinski definition) is 3. The van der Waals surface area contributed by atoms with Crippen LogP contribution in [0.1, 0.15) is 30.1 Å². The van der Waals surface area contributed by atoms with Gasteiger partial charge < -0.3 is 9.64 Å². The quantitative estimate of drug-likeness (QED) is 0.818. The van der Waals surface area contributed by atoms with Crippen LogP contribution in [0, 0.1) is 0 Å². The molecule has 2 aromatic rings. The number of amides is 1. The van der Waals surface area contributed by atoms with Gasteiger partial charge in [0.1, 0.15) is 0 Å². The number of likely N-dealkylation sites (tertiary alicyclic amines) is 1. The summed E-state index contributed by atoms with van der Waals surface area (Å²) in [6.45, 7) is 3.16. The van der Waals surface area contributed by atoms with E-state index in [1.54, 1.807) is 24.0 Å². The Kier molecular flexibility index (Phi) is 4.09. The molecule has 0 N–H and O–H groups in total. The maximum Gasteiger partial charge on any atom is 0.338 e. The number of ether oxygens (including phenoxy) is 1. The molecule has 0 spiro atoms. The predicted octanol–water partition coefficient (Wildman–Crippen LogP) is 3.01. The lowest BCUT2D eigenvalue weighted by molar-refractivity contribution is -0.138. The summed E-state index contributed by atoms with van der Waals surface area (Å²) < 4.78 is 5.33. The molecule has 4 nitrogen and oxygen atoms in total. The fourth-order valence-corrected chi connectivity index (χ4v) is 2.79. The molecule has 1 aliphatic heterocycles. The van der Waals surface area contributed by atoms with Gasteiger partial charge >= 0.3 is 5.97 Å². The van der Waals surface area contributed by atoms with Crippen molar-refractivity contribution in [2.75, 3.05) is 13.1 Å². The molecular weight excluding hydrogens is 278 g/mol. The van der Waals surface area contributed by atoms with E-state index < -0.39 is 12.1 Å². The van der Waals surface area contributed by atoms with Crippen LogP contribution >= 0.6 is 0 Å². The summed E-state index contributed by atoms with van der Waals surface area (Å²) in [6.07, 6.45) is 1.31. The number of benzene rings is 2. The van der Waals surface area contributed by atoms with Gasteiger partial charge in [0, 0.05) is 13.1 Å². The fourth-order valence-electron chi connectivity index (χ4n) is 2.79. The summed E-state index contributed by atoms with van der Waals surface area (Å²) in [5.74, 6) is -0.558. The van der Waals surface area contributed by atoms with Gasteiger partial charge in [0.15, 0.2) is 6.10 Å². The zero-order chi connectivity index (χ0) is 15.5. The molecule has 1 atom stereocenters. The van der Waals surface area contributed by atoms with Crippen molar-refractivity contribution in [1.82, 2.24) is 4.90 Å². The highest BCUT2D eigenvalue weighted by Crippen LogP contribution is 2.17. The minimum atomic E-state index is -0.739. The Balaban J connectivity index is 1.70. The molecule has 2 aromatic carbocycles. The first kappa shape index (κ1) is 14.6. The zero-order valence-corrected chi connectivity index (χ0v) is 12.6. The Hall–Kier alpha value is -2.36. The van der Waals surface area contributed by atoms with Gasteiger partial charge in [-0.25, -0.2) is 4.79 Å². The van der Waals surface area contributed by atoms with Gasteiger partial charge in [0.25, 0.3) is 5.91 Å². The SMILES string of the molecule is CC(OC(=O)c1ccc2ccccc2c1)C(=O)N1CCCC1. The van der Waals surface area contributed by atoms with E-state index in [9.17, 15) is 9.59 Å². The number of nitrogens with zero attached hydrogens (tertiary/aromatic N) is 1. The Morgan fingerprint density at radius 1 is 1.05 bits per heavy atom. The van der Waals surface area contributed by atoms with E-state index in [0.717, 1.165) is 36.7 Å². The van der Waals surface area contributed by atoms with E-state index >= 15 is 0 Å². The fraction of sp³-hybridized carbons (Fsp3) is 0.333. The maximum absolute atomic E-state index is 12.2. The molecule has 4 heteroatoms. The summed E-state index contributed by atoms with van der Waals surface area (Å²) in [5.41, 5.74) is 0.472. The van der Waals surface area contributed by atoms with E-state index in [4.69, 9.17) is 4.74 Å². The van der Waals surface area contributed by atoms with Gasteiger partial charge in [-0.3, -0.25) is 4.79 Å². The molecule has 3 rings (SSSR count). The molecule has 1 amide bonds. The normalized spacial score (nSPS) is 15.8. The van der Waals surface area contributed by atoms with Crippen LogP contribution in [0.5, 0.6) is 0 Å². The lowest BCUT2D eigenvalue weighted by Crippen LogP contribution is -2.38. The third-order valence-corrected chi connectivity index (χ3v) is 4.03. The number of carbonyl (C=O) groups is 2. The van der Waals surface area contributed by atoms with Crippen LogP contribution in [0.2, 0.25) is 0 Å². The molecule has 114 valence electrons. The Morgan fingerprint density at radius 3 is 2.45 bits per heavy atom. The maximum atomic E-state index is 12.2. The minimum absolute atomic E-state index is 0.105. The summed E-state index contributed by atoms with van der Waals surface area (Å²) in [4.78, 5) is 26.2. The van der Waals surface area contributed by atoms with Gasteiger partial charge in [0.05, 0.1) is 5.56 Å². The summed E-state index contributed by atoms with van der Waals surface area (Å²) in [7, 11) is 0. The van der Waals surface area contributed by atoms with Crippen molar-refractivity contribution in [3.63, 3.8) is 0 Å². The molecule has 1 unspecified atom stereocenters. The van der Waals surface area contributed by atoms with Gasteiger partial charge in [-0.15, -0.1) is 0 Å². The molecular formula is C18H19NO3. The van der Waals surface area contributed by atoms with Crippen LogP contribution in [-0.4, -0.2) is 36.0 Å². The highest BCUT2D eigenvalue weighted by molar-refractivity contribution is 5.96. The molecule has 0 aromatic heterocycles. The Morgan fingerprint density at radius 2 is 1.73 bits per heavy atom. The van der Waals surface area contributed by atoms with Crippen LogP contribution in [0.15, 0.2) is 42.5 Å². The van der Waals surface area contributed by atoms with Crippen LogP contribution in [0.3, 0.4) is 0 Å². The second-order valence-electron chi connectivity index (χ2n) is 5.64. The van der Waals surface area contributed by atoms with Crippen LogP contribution in [-0.2, 0) is 9.53 Å². The lowest BCUT2D eigenvalue weighted by atomic mass is 10.1. The molecule has 1 fully saturated rings. The highest BCUT2D eigenvalue weighted by Gasteiger charge is 2.26. The van der Waals surface area contributed by atoms with Crippen molar-refractivity contribution < 1.29 is 14.3 Å². The number of carbonyl (C=O) groups excluding carboxylic acids is 2. The monoisotopic (exact) mass is 297 g/mol.